The van der Waals surface area contributed by atoms with Crippen LogP contribution in [0.15, 0.2) is 24.4 Å². The lowest BCUT2D eigenvalue weighted by Crippen LogP contribution is -2.23. The van der Waals surface area contributed by atoms with E-state index >= 15 is 0 Å². The zero-order chi connectivity index (χ0) is 25.8. The molecular formula is C23H24FN7O2. The zero-order valence-electron chi connectivity index (χ0n) is 21.1. The Balaban J connectivity index is 1.58. The summed E-state index contributed by atoms with van der Waals surface area (Å²) < 4.78 is 37.2. The first kappa shape index (κ1) is 17.7. The van der Waals surface area contributed by atoms with Crippen molar-refractivity contribution < 1.29 is 18.1 Å². The smallest absolute Gasteiger partial charge is 0.228 e. The molecule has 1 fully saturated rings. The van der Waals surface area contributed by atoms with E-state index in [9.17, 15) is 14.0 Å². The van der Waals surface area contributed by atoms with E-state index in [-0.39, 0.29) is 28.9 Å². The van der Waals surface area contributed by atoms with Crippen molar-refractivity contribution in [3.05, 3.63) is 41.5 Å². The summed E-state index contributed by atoms with van der Waals surface area (Å²) in [5.41, 5.74) is 2.99. The number of aromatic nitrogens is 4. The molecule has 1 aliphatic heterocycles. The van der Waals surface area contributed by atoms with E-state index < -0.39 is 24.9 Å². The maximum Gasteiger partial charge on any atom is 0.228 e. The van der Waals surface area contributed by atoms with Gasteiger partial charge in [0.1, 0.15) is 23.0 Å². The Bertz CT molecular complexity index is 1380. The van der Waals surface area contributed by atoms with Crippen molar-refractivity contribution in [1.29, 1.82) is 0 Å². The van der Waals surface area contributed by atoms with Gasteiger partial charge in [-0.2, -0.15) is 15.0 Å². The summed E-state index contributed by atoms with van der Waals surface area (Å²) in [4.78, 5) is 32.6. The number of aryl methyl sites for hydroxylation is 1. The minimum absolute atomic E-state index is 0.0206. The second-order valence-corrected chi connectivity index (χ2v) is 8.29. The number of ketones is 1. The Hall–Kier alpha value is -3.82. The Morgan fingerprint density at radius 1 is 1.21 bits per heavy atom. The number of hydrogen-bond donors (Lipinski definition) is 2. The van der Waals surface area contributed by atoms with Crippen molar-refractivity contribution in [2.24, 2.45) is 13.0 Å². The first-order chi connectivity index (χ1) is 17.0. The van der Waals surface area contributed by atoms with Crippen LogP contribution in [-0.4, -0.2) is 38.7 Å². The van der Waals surface area contributed by atoms with E-state index in [2.05, 4.69) is 25.8 Å². The molecule has 2 N–H and O–H groups in total. The van der Waals surface area contributed by atoms with Gasteiger partial charge in [0.2, 0.25) is 5.91 Å². The number of pyridine rings is 1. The van der Waals surface area contributed by atoms with Crippen LogP contribution in [0.2, 0.25) is 0 Å². The lowest BCUT2D eigenvalue weighted by molar-refractivity contribution is -0.117. The standard InChI is InChI=1S/C23H24FN7O2/c1-4-19(32)15-10-25-20(27-23(33)12-5-6-12)9-16(15)26-17-8-13(24)7-14-21-18(28-31(3)29-21)11-30(2)22(14)17/h7-10,12H,4-6,11H2,1-3H3,(H2,25,26,27,33)/i1D3. The minimum atomic E-state index is -2.48. The summed E-state index contributed by atoms with van der Waals surface area (Å²) in [7, 11) is 3.52. The van der Waals surface area contributed by atoms with Crippen LogP contribution in [0.4, 0.5) is 27.3 Å². The Morgan fingerprint density at radius 3 is 2.79 bits per heavy atom. The van der Waals surface area contributed by atoms with Gasteiger partial charge in [0.25, 0.3) is 0 Å². The average molecular weight is 453 g/mol. The predicted octanol–water partition coefficient (Wildman–Crippen LogP) is 3.65. The second kappa shape index (κ2) is 7.95. The third-order valence-corrected chi connectivity index (χ3v) is 5.72. The van der Waals surface area contributed by atoms with Crippen LogP contribution < -0.4 is 15.5 Å². The molecule has 2 aliphatic rings. The molecule has 0 unspecified atom stereocenters. The van der Waals surface area contributed by atoms with Crippen molar-refractivity contribution in [3.63, 3.8) is 0 Å². The molecule has 1 saturated carbocycles. The molecule has 0 spiro atoms. The number of benzene rings is 1. The maximum absolute atomic E-state index is 14.8. The van der Waals surface area contributed by atoms with Gasteiger partial charge in [-0.3, -0.25) is 9.59 Å². The summed E-state index contributed by atoms with van der Waals surface area (Å²) >= 11 is 0. The summed E-state index contributed by atoms with van der Waals surface area (Å²) in [5, 5.41) is 14.6. The van der Waals surface area contributed by atoms with Crippen LogP contribution in [0, 0.1) is 11.7 Å². The molecule has 0 bridgehead atoms. The topological polar surface area (TPSA) is 105 Å². The fourth-order valence-electron chi connectivity index (χ4n) is 4.02. The number of fused-ring (bicyclic) bond motifs is 3. The highest BCUT2D eigenvalue weighted by atomic mass is 19.1. The lowest BCUT2D eigenvalue weighted by atomic mass is 10.0. The number of nitrogens with one attached hydrogen (secondary N) is 2. The summed E-state index contributed by atoms with van der Waals surface area (Å²) in [6, 6.07) is 4.12. The number of carbonyl (C=O) groups excluding carboxylic acids is 2. The molecule has 5 rings (SSSR count). The molecule has 0 atom stereocenters. The quantitative estimate of drug-likeness (QED) is 0.550. The van der Waals surface area contributed by atoms with Gasteiger partial charge in [-0.15, -0.1) is 0 Å². The lowest BCUT2D eigenvalue weighted by Gasteiger charge is -2.29. The van der Waals surface area contributed by atoms with Crippen molar-refractivity contribution >= 4 is 34.6 Å². The highest BCUT2D eigenvalue weighted by molar-refractivity contribution is 6.03. The van der Waals surface area contributed by atoms with Gasteiger partial charge in [-0.05, 0) is 25.0 Å². The number of carbonyl (C=O) groups is 2. The number of rotatable bonds is 6. The van der Waals surface area contributed by atoms with E-state index in [1.165, 1.54) is 29.2 Å². The highest BCUT2D eigenvalue weighted by Crippen LogP contribution is 2.43. The van der Waals surface area contributed by atoms with Crippen LogP contribution in [0.5, 0.6) is 0 Å². The van der Waals surface area contributed by atoms with Crippen LogP contribution >= 0.6 is 0 Å². The SMILES string of the molecule is [2H]C([2H])([2H])CC(=O)c1cnc(NC(=O)C2CC2)cc1Nc1cc(F)cc2c1N(C)Cc1nn(C)nc1-2. The monoisotopic (exact) mass is 452 g/mol. The van der Waals surface area contributed by atoms with Crippen LogP contribution in [0.3, 0.4) is 0 Å². The zero-order valence-corrected chi connectivity index (χ0v) is 18.1. The molecule has 0 saturated heterocycles. The molecular weight excluding hydrogens is 425 g/mol. The first-order valence-corrected chi connectivity index (χ1v) is 10.5. The summed E-state index contributed by atoms with van der Waals surface area (Å²) in [6.07, 6.45) is 2.15. The largest absolute Gasteiger partial charge is 0.366 e. The Kier molecular flexibility index (Phi) is 4.26. The molecule has 9 nitrogen and oxygen atoms in total. The number of Topliss-reactive ketones (excluding diaryl/α,β-unsaturated/α-hetero) is 1. The molecule has 2 aromatic heterocycles. The molecule has 3 heterocycles. The molecule has 1 aliphatic carbocycles. The molecule has 1 aromatic carbocycles. The van der Waals surface area contributed by atoms with Gasteiger partial charge in [0, 0.05) is 48.4 Å². The summed E-state index contributed by atoms with van der Waals surface area (Å²) in [5.74, 6) is -1.22. The van der Waals surface area contributed by atoms with Gasteiger partial charge in [-0.1, -0.05) is 6.85 Å². The fraction of sp³-hybridized carbons (Fsp3) is 0.348. The number of hydrogen-bond acceptors (Lipinski definition) is 7. The van der Waals surface area contributed by atoms with Crippen molar-refractivity contribution in [1.82, 2.24) is 20.0 Å². The highest BCUT2D eigenvalue weighted by Gasteiger charge is 2.30. The number of amides is 1. The third kappa shape index (κ3) is 3.92. The molecule has 1 amide bonds. The van der Waals surface area contributed by atoms with Gasteiger partial charge in [0.05, 0.1) is 29.2 Å². The first-order valence-electron chi connectivity index (χ1n) is 12.0. The van der Waals surface area contributed by atoms with Gasteiger partial charge in [-0.25, -0.2) is 9.37 Å². The van der Waals surface area contributed by atoms with E-state index in [4.69, 9.17) is 4.11 Å². The number of anilines is 4. The van der Waals surface area contributed by atoms with E-state index in [0.29, 0.717) is 34.9 Å². The van der Waals surface area contributed by atoms with E-state index in [1.54, 1.807) is 7.05 Å². The van der Waals surface area contributed by atoms with Crippen molar-refractivity contribution in [2.75, 3.05) is 22.6 Å². The Labute approximate surface area is 194 Å². The Morgan fingerprint density at radius 2 is 2.03 bits per heavy atom. The van der Waals surface area contributed by atoms with Crippen LogP contribution in [0.1, 0.15) is 46.3 Å². The molecule has 10 heteroatoms. The summed E-state index contributed by atoms with van der Waals surface area (Å²) in [6.45, 7) is -2.05. The molecule has 33 heavy (non-hydrogen) atoms. The maximum atomic E-state index is 14.8. The van der Waals surface area contributed by atoms with Crippen LogP contribution in [-0.2, 0) is 18.4 Å². The number of halogens is 1. The molecule has 170 valence electrons. The molecule has 0 radical (unpaired) electrons. The van der Waals surface area contributed by atoms with E-state index in [0.717, 1.165) is 12.8 Å². The van der Waals surface area contributed by atoms with Crippen molar-refractivity contribution in [3.8, 4) is 11.3 Å². The van der Waals surface area contributed by atoms with Gasteiger partial charge >= 0.3 is 0 Å². The normalized spacial score (nSPS) is 16.2. The van der Waals surface area contributed by atoms with Gasteiger partial charge in [0.15, 0.2) is 5.78 Å². The van der Waals surface area contributed by atoms with E-state index in [1.807, 2.05) is 11.9 Å². The predicted molar refractivity (Wildman–Crippen MR) is 122 cm³/mol. The average Bonchev–Trinajstić information content (AvgIpc) is 3.54. The second-order valence-electron chi connectivity index (χ2n) is 8.29. The van der Waals surface area contributed by atoms with Gasteiger partial charge < -0.3 is 15.5 Å². The van der Waals surface area contributed by atoms with Crippen molar-refractivity contribution in [2.45, 2.75) is 32.7 Å². The fourth-order valence-corrected chi connectivity index (χ4v) is 4.02. The molecule has 3 aromatic rings. The number of nitrogens with zero attached hydrogens (tertiary/aromatic N) is 5. The van der Waals surface area contributed by atoms with Crippen LogP contribution in [0.25, 0.3) is 11.3 Å². The minimum Gasteiger partial charge on any atom is -0.366 e. The third-order valence-electron chi connectivity index (χ3n) is 5.72.